The Morgan fingerprint density at radius 3 is 3.08 bits per heavy atom. The number of carbonyl (C=O) groups excluding carboxylic acids is 1. The zero-order valence-electron chi connectivity index (χ0n) is 14.0. The van der Waals surface area contributed by atoms with Gasteiger partial charge in [-0.2, -0.15) is 0 Å². The van der Waals surface area contributed by atoms with Gasteiger partial charge in [-0.3, -0.25) is 9.36 Å². The van der Waals surface area contributed by atoms with E-state index in [9.17, 15) is 9.59 Å². The van der Waals surface area contributed by atoms with Crippen molar-refractivity contribution in [2.75, 3.05) is 11.9 Å². The zero-order chi connectivity index (χ0) is 18.7. The highest BCUT2D eigenvalue weighted by atomic mass is 35.5. The number of halogens is 2. The highest BCUT2D eigenvalue weighted by molar-refractivity contribution is 8.00. The van der Waals surface area contributed by atoms with Crippen LogP contribution in [0.3, 0.4) is 0 Å². The standard InChI is InChI=1S/C16H18Cl2N4O3S/c1-9(14(23)19-13-7-10(17)4-5-12(13)18)26-16-21-20-15(24)22(16)8-11-3-2-6-25-11/h4-5,7,9,11H,2-3,6,8H2,1H3,(H,19,23)(H,20,24). The predicted molar refractivity (Wildman–Crippen MR) is 102 cm³/mol. The number of aromatic nitrogens is 3. The highest BCUT2D eigenvalue weighted by Crippen LogP contribution is 2.27. The molecule has 1 aromatic heterocycles. The Hall–Kier alpha value is -1.48. The topological polar surface area (TPSA) is 89.0 Å². The molecule has 1 amide bonds. The Morgan fingerprint density at radius 2 is 2.35 bits per heavy atom. The third kappa shape index (κ3) is 4.62. The van der Waals surface area contributed by atoms with Crippen molar-refractivity contribution in [2.45, 2.75) is 42.8 Å². The number of thioether (sulfide) groups is 1. The fourth-order valence-electron chi connectivity index (χ4n) is 2.59. The number of ether oxygens (including phenoxy) is 1. The molecule has 0 aliphatic carbocycles. The lowest BCUT2D eigenvalue weighted by Gasteiger charge is -2.14. The van der Waals surface area contributed by atoms with Crippen LogP contribution in [0.2, 0.25) is 10.0 Å². The van der Waals surface area contributed by atoms with Crippen molar-refractivity contribution in [3.63, 3.8) is 0 Å². The fourth-order valence-corrected chi connectivity index (χ4v) is 3.79. The number of carbonyl (C=O) groups is 1. The van der Waals surface area contributed by atoms with Crippen LogP contribution >= 0.6 is 35.0 Å². The molecule has 1 saturated heterocycles. The predicted octanol–water partition coefficient (Wildman–Crippen LogP) is 3.18. The van der Waals surface area contributed by atoms with Crippen molar-refractivity contribution < 1.29 is 9.53 Å². The summed E-state index contributed by atoms with van der Waals surface area (Å²) in [7, 11) is 0. The Balaban J connectivity index is 1.67. The fraction of sp³-hybridized carbons (Fsp3) is 0.438. The number of hydrogen-bond acceptors (Lipinski definition) is 5. The summed E-state index contributed by atoms with van der Waals surface area (Å²) in [5.41, 5.74) is 0.129. The van der Waals surface area contributed by atoms with Gasteiger partial charge in [-0.1, -0.05) is 35.0 Å². The second-order valence-electron chi connectivity index (χ2n) is 5.93. The number of amides is 1. The molecule has 2 N–H and O–H groups in total. The van der Waals surface area contributed by atoms with Crippen molar-refractivity contribution in [1.82, 2.24) is 14.8 Å². The smallest absolute Gasteiger partial charge is 0.344 e. The lowest BCUT2D eigenvalue weighted by atomic mass is 10.2. The molecular formula is C16H18Cl2N4O3S. The molecule has 10 heteroatoms. The molecule has 2 atom stereocenters. The van der Waals surface area contributed by atoms with Crippen LogP contribution in [0.4, 0.5) is 5.69 Å². The summed E-state index contributed by atoms with van der Waals surface area (Å²) in [6.07, 6.45) is 1.89. The average molecular weight is 417 g/mol. The molecule has 26 heavy (non-hydrogen) atoms. The second kappa shape index (κ2) is 8.47. The van der Waals surface area contributed by atoms with Gasteiger partial charge in [-0.25, -0.2) is 9.89 Å². The molecule has 1 fully saturated rings. The molecule has 7 nitrogen and oxygen atoms in total. The molecule has 3 rings (SSSR count). The van der Waals surface area contributed by atoms with Gasteiger partial charge < -0.3 is 10.1 Å². The van der Waals surface area contributed by atoms with Crippen molar-refractivity contribution in [3.05, 3.63) is 38.7 Å². The molecule has 2 unspecified atom stereocenters. The molecular weight excluding hydrogens is 399 g/mol. The van der Waals surface area contributed by atoms with Crippen LogP contribution in [0.25, 0.3) is 0 Å². The van der Waals surface area contributed by atoms with Crippen LogP contribution < -0.4 is 11.0 Å². The van der Waals surface area contributed by atoms with E-state index in [0.717, 1.165) is 12.8 Å². The summed E-state index contributed by atoms with van der Waals surface area (Å²) in [6, 6.07) is 4.84. The van der Waals surface area contributed by atoms with E-state index in [4.69, 9.17) is 27.9 Å². The maximum atomic E-state index is 12.5. The summed E-state index contributed by atoms with van der Waals surface area (Å²) >= 11 is 13.2. The number of benzene rings is 1. The second-order valence-corrected chi connectivity index (χ2v) is 8.08. The molecule has 2 aromatic rings. The van der Waals surface area contributed by atoms with E-state index < -0.39 is 5.25 Å². The number of hydrogen-bond donors (Lipinski definition) is 2. The van der Waals surface area contributed by atoms with E-state index in [1.54, 1.807) is 25.1 Å². The minimum atomic E-state index is -0.497. The highest BCUT2D eigenvalue weighted by Gasteiger charge is 2.23. The maximum absolute atomic E-state index is 12.5. The lowest BCUT2D eigenvalue weighted by Crippen LogP contribution is -2.27. The van der Waals surface area contributed by atoms with Gasteiger partial charge in [0.1, 0.15) is 0 Å². The summed E-state index contributed by atoms with van der Waals surface area (Å²) < 4.78 is 7.09. The summed E-state index contributed by atoms with van der Waals surface area (Å²) in [6.45, 7) is 2.86. The third-order valence-electron chi connectivity index (χ3n) is 3.97. The number of H-pyrrole nitrogens is 1. The maximum Gasteiger partial charge on any atom is 0.344 e. The van der Waals surface area contributed by atoms with Crippen LogP contribution in [0, 0.1) is 0 Å². The van der Waals surface area contributed by atoms with E-state index in [0.29, 0.717) is 34.0 Å². The number of aromatic amines is 1. The molecule has 0 spiro atoms. The van der Waals surface area contributed by atoms with Crippen molar-refractivity contribution >= 4 is 46.6 Å². The Labute approximate surface area is 164 Å². The molecule has 140 valence electrons. The minimum Gasteiger partial charge on any atom is -0.376 e. The first-order valence-electron chi connectivity index (χ1n) is 8.13. The third-order valence-corrected chi connectivity index (χ3v) is 5.63. The van der Waals surface area contributed by atoms with Gasteiger partial charge in [-0.15, -0.1) is 5.10 Å². The molecule has 1 aliphatic rings. The first kappa shape index (κ1) is 19.3. The van der Waals surface area contributed by atoms with Gasteiger partial charge in [0.2, 0.25) is 5.91 Å². The summed E-state index contributed by atoms with van der Waals surface area (Å²) in [5.74, 6) is -0.265. The SMILES string of the molecule is CC(Sc1n[nH]c(=O)n1CC1CCCO1)C(=O)Nc1cc(Cl)ccc1Cl. The molecule has 0 radical (unpaired) electrons. The number of anilines is 1. The van der Waals surface area contributed by atoms with E-state index in [1.165, 1.54) is 16.3 Å². The molecule has 0 saturated carbocycles. The first-order valence-corrected chi connectivity index (χ1v) is 9.77. The zero-order valence-corrected chi connectivity index (χ0v) is 16.3. The summed E-state index contributed by atoms with van der Waals surface area (Å²) in [5, 5.41) is 10.0. The normalized spacial score (nSPS) is 18.0. The van der Waals surface area contributed by atoms with Crippen LogP contribution in [-0.4, -0.2) is 38.6 Å². The van der Waals surface area contributed by atoms with Crippen molar-refractivity contribution in [2.24, 2.45) is 0 Å². The van der Waals surface area contributed by atoms with Crippen LogP contribution in [0.5, 0.6) is 0 Å². The minimum absolute atomic E-state index is 0.000880. The quantitative estimate of drug-likeness (QED) is 0.705. The van der Waals surface area contributed by atoms with Crippen molar-refractivity contribution in [1.29, 1.82) is 0 Å². The van der Waals surface area contributed by atoms with Gasteiger partial charge in [0.25, 0.3) is 0 Å². The number of nitrogens with one attached hydrogen (secondary N) is 2. The molecule has 1 aromatic carbocycles. The monoisotopic (exact) mass is 416 g/mol. The number of nitrogens with zero attached hydrogens (tertiary/aromatic N) is 2. The molecule has 2 heterocycles. The van der Waals surface area contributed by atoms with E-state index in [-0.39, 0.29) is 17.7 Å². The van der Waals surface area contributed by atoms with Gasteiger partial charge in [0.15, 0.2) is 5.16 Å². The number of rotatable bonds is 6. The Bertz CT molecular complexity index is 848. The molecule has 0 bridgehead atoms. The van der Waals surface area contributed by atoms with E-state index in [2.05, 4.69) is 15.5 Å². The summed E-state index contributed by atoms with van der Waals surface area (Å²) in [4.78, 5) is 24.5. The average Bonchev–Trinajstić information content (AvgIpc) is 3.23. The Kier molecular flexibility index (Phi) is 6.29. The first-order chi connectivity index (χ1) is 12.4. The van der Waals surface area contributed by atoms with Gasteiger partial charge in [-0.05, 0) is 38.0 Å². The Morgan fingerprint density at radius 1 is 1.54 bits per heavy atom. The van der Waals surface area contributed by atoms with E-state index in [1.807, 2.05) is 0 Å². The van der Waals surface area contributed by atoms with Crippen LogP contribution in [0.15, 0.2) is 28.2 Å². The van der Waals surface area contributed by atoms with Crippen LogP contribution in [0.1, 0.15) is 19.8 Å². The van der Waals surface area contributed by atoms with Crippen molar-refractivity contribution in [3.8, 4) is 0 Å². The van der Waals surface area contributed by atoms with E-state index >= 15 is 0 Å². The largest absolute Gasteiger partial charge is 0.376 e. The van der Waals surface area contributed by atoms with Gasteiger partial charge >= 0.3 is 5.69 Å². The van der Waals surface area contributed by atoms with Gasteiger partial charge in [0.05, 0.1) is 28.6 Å². The lowest BCUT2D eigenvalue weighted by molar-refractivity contribution is -0.115. The van der Waals surface area contributed by atoms with Gasteiger partial charge in [0, 0.05) is 11.6 Å². The van der Waals surface area contributed by atoms with Crippen LogP contribution in [-0.2, 0) is 16.1 Å². The molecule has 1 aliphatic heterocycles.